The van der Waals surface area contributed by atoms with Crippen LogP contribution in [0.2, 0.25) is 0 Å². The maximum atomic E-state index is 11.2. The predicted molar refractivity (Wildman–Crippen MR) is 122 cm³/mol. The Balaban J connectivity index is 1.44. The van der Waals surface area contributed by atoms with Crippen molar-refractivity contribution in [3.63, 3.8) is 0 Å². The number of hydrogen-bond acceptors (Lipinski definition) is 1. The Hall–Kier alpha value is -0.530. The van der Waals surface area contributed by atoms with Crippen LogP contribution in [0.4, 0.5) is 0 Å². The first-order chi connectivity index (χ1) is 13.9. The largest absolute Gasteiger partial charge is 0.481 e. The third-order valence-corrected chi connectivity index (χ3v) is 13.2. The van der Waals surface area contributed by atoms with E-state index in [2.05, 4.69) is 41.5 Å². The van der Waals surface area contributed by atoms with Gasteiger partial charge in [-0.3, -0.25) is 4.79 Å². The monoisotopic (exact) mass is 414 g/mol. The summed E-state index contributed by atoms with van der Waals surface area (Å²) in [4.78, 5) is 11.2. The zero-order valence-corrected chi connectivity index (χ0v) is 20.5. The van der Waals surface area contributed by atoms with Crippen molar-refractivity contribution in [2.75, 3.05) is 0 Å². The average Bonchev–Trinajstić information content (AvgIpc) is 3.26. The molecule has 2 spiro atoms. The van der Waals surface area contributed by atoms with Crippen LogP contribution in [0.3, 0.4) is 0 Å². The van der Waals surface area contributed by atoms with Crippen molar-refractivity contribution in [2.24, 2.45) is 56.7 Å². The summed E-state index contributed by atoms with van der Waals surface area (Å²) in [5, 5.41) is 9.22. The molecule has 2 heteroatoms. The molecule has 1 N–H and O–H groups in total. The Morgan fingerprint density at radius 2 is 1.57 bits per heavy atom. The van der Waals surface area contributed by atoms with Gasteiger partial charge in [-0.2, -0.15) is 0 Å². The molecule has 0 heterocycles. The molecule has 5 aliphatic rings. The summed E-state index contributed by atoms with van der Waals surface area (Å²) in [6.45, 7) is 15.4. The molecule has 0 aromatic heterocycles. The van der Waals surface area contributed by atoms with Crippen LogP contribution < -0.4 is 0 Å². The highest BCUT2D eigenvalue weighted by molar-refractivity contribution is 5.66. The van der Waals surface area contributed by atoms with Gasteiger partial charge in [-0.25, -0.2) is 0 Å². The first kappa shape index (κ1) is 21.3. The molecule has 5 aliphatic carbocycles. The number of hydrogen-bond donors (Lipinski definition) is 1. The van der Waals surface area contributed by atoms with E-state index >= 15 is 0 Å². The summed E-state index contributed by atoms with van der Waals surface area (Å²) in [7, 11) is 0. The molecule has 30 heavy (non-hydrogen) atoms. The molecule has 5 saturated carbocycles. The molecule has 0 saturated heterocycles. The Bertz CT molecular complexity index is 741. The summed E-state index contributed by atoms with van der Waals surface area (Å²) in [5.74, 6) is 3.38. The zero-order valence-electron chi connectivity index (χ0n) is 20.5. The topological polar surface area (TPSA) is 37.3 Å². The van der Waals surface area contributed by atoms with Gasteiger partial charge in [-0.1, -0.05) is 41.5 Å². The van der Waals surface area contributed by atoms with E-state index in [1.807, 2.05) is 0 Å². The molecule has 0 aromatic rings. The Labute approximate surface area is 185 Å². The lowest BCUT2D eigenvalue weighted by atomic mass is 9.41. The standard InChI is InChI=1S/C28H46O2/c1-18(7-10-23(29)30)20-12-13-26(6)22-9-8-21-24(3,4)19(2)11-14-27(21)17-28(22,27)16-15-25(20,26)5/h18-22H,7-17H2,1-6H3,(H,29,30)/t18-,19?,20-,21+,22+,25-,26+,27-,28+/m1/s1. The van der Waals surface area contributed by atoms with Crippen LogP contribution in [0.1, 0.15) is 112 Å². The minimum absolute atomic E-state index is 0.343. The van der Waals surface area contributed by atoms with E-state index in [0.717, 1.165) is 30.1 Å². The summed E-state index contributed by atoms with van der Waals surface area (Å²) >= 11 is 0. The minimum Gasteiger partial charge on any atom is -0.481 e. The van der Waals surface area contributed by atoms with Gasteiger partial charge in [0, 0.05) is 6.42 Å². The number of carbonyl (C=O) groups is 1. The van der Waals surface area contributed by atoms with Crippen molar-refractivity contribution >= 4 is 5.97 Å². The van der Waals surface area contributed by atoms with E-state index in [1.54, 1.807) is 0 Å². The highest BCUT2D eigenvalue weighted by atomic mass is 16.4. The average molecular weight is 415 g/mol. The number of fused-ring (bicyclic) bond motifs is 2. The molecular weight excluding hydrogens is 368 g/mol. The maximum absolute atomic E-state index is 11.2. The highest BCUT2D eigenvalue weighted by Crippen LogP contribution is 2.89. The van der Waals surface area contributed by atoms with Crippen molar-refractivity contribution in [1.82, 2.24) is 0 Å². The molecule has 0 bridgehead atoms. The maximum Gasteiger partial charge on any atom is 0.303 e. The smallest absolute Gasteiger partial charge is 0.303 e. The zero-order chi connectivity index (χ0) is 21.7. The van der Waals surface area contributed by atoms with E-state index in [9.17, 15) is 9.90 Å². The van der Waals surface area contributed by atoms with Crippen molar-refractivity contribution in [2.45, 2.75) is 112 Å². The van der Waals surface area contributed by atoms with Crippen molar-refractivity contribution in [3.05, 3.63) is 0 Å². The number of carboxylic acids is 1. The van der Waals surface area contributed by atoms with E-state index in [4.69, 9.17) is 0 Å². The molecule has 0 aromatic carbocycles. The number of carboxylic acid groups (broad SMARTS) is 1. The van der Waals surface area contributed by atoms with Crippen LogP contribution in [-0.4, -0.2) is 11.1 Å². The Kier molecular flexibility index (Phi) is 4.47. The molecule has 9 atom stereocenters. The second-order valence-electron chi connectivity index (χ2n) is 13.8. The SMILES string of the molecule is CC1CC[C@]23C[C@]24CC[C@]2(C)[C@@H]([C@H](C)CCC(=O)O)CC[C@@]2(C)[C@@H]4CC[C@H]3C1(C)C. The van der Waals surface area contributed by atoms with E-state index in [-0.39, 0.29) is 0 Å². The Morgan fingerprint density at radius 3 is 2.27 bits per heavy atom. The minimum atomic E-state index is -0.622. The van der Waals surface area contributed by atoms with Gasteiger partial charge in [0.2, 0.25) is 0 Å². The molecule has 0 radical (unpaired) electrons. The third kappa shape index (κ3) is 2.35. The fourth-order valence-corrected chi connectivity index (χ4v) is 11.0. The fraction of sp³-hybridized carbons (Fsp3) is 0.964. The van der Waals surface area contributed by atoms with Crippen LogP contribution >= 0.6 is 0 Å². The molecule has 2 nitrogen and oxygen atoms in total. The van der Waals surface area contributed by atoms with Gasteiger partial charge in [0.05, 0.1) is 0 Å². The molecular formula is C28H46O2. The lowest BCUT2D eigenvalue weighted by Gasteiger charge is -2.63. The molecule has 0 aliphatic heterocycles. The molecule has 5 fully saturated rings. The molecule has 1 unspecified atom stereocenters. The van der Waals surface area contributed by atoms with Gasteiger partial charge in [0.1, 0.15) is 0 Å². The van der Waals surface area contributed by atoms with Gasteiger partial charge in [-0.05, 0) is 121 Å². The van der Waals surface area contributed by atoms with E-state index in [0.29, 0.717) is 39.4 Å². The van der Waals surface area contributed by atoms with Crippen LogP contribution in [0.5, 0.6) is 0 Å². The summed E-state index contributed by atoms with van der Waals surface area (Å²) in [6, 6.07) is 0. The highest BCUT2D eigenvalue weighted by Gasteiger charge is 2.81. The fourth-order valence-electron chi connectivity index (χ4n) is 11.0. The summed E-state index contributed by atoms with van der Waals surface area (Å²) in [6.07, 6.45) is 14.2. The lowest BCUT2D eigenvalue weighted by molar-refractivity contribution is -0.150. The van der Waals surface area contributed by atoms with E-state index in [1.165, 1.54) is 57.8 Å². The van der Waals surface area contributed by atoms with Gasteiger partial charge in [0.25, 0.3) is 0 Å². The van der Waals surface area contributed by atoms with Gasteiger partial charge in [-0.15, -0.1) is 0 Å². The van der Waals surface area contributed by atoms with Crippen LogP contribution in [0.25, 0.3) is 0 Å². The van der Waals surface area contributed by atoms with Crippen molar-refractivity contribution in [1.29, 1.82) is 0 Å². The first-order valence-electron chi connectivity index (χ1n) is 13.2. The van der Waals surface area contributed by atoms with Gasteiger partial charge < -0.3 is 5.11 Å². The lowest BCUT2D eigenvalue weighted by Crippen LogP contribution is -2.56. The number of aliphatic carboxylic acids is 1. The summed E-state index contributed by atoms with van der Waals surface area (Å²) in [5.41, 5.74) is 2.71. The first-order valence-corrected chi connectivity index (χ1v) is 13.2. The van der Waals surface area contributed by atoms with Crippen LogP contribution in [-0.2, 0) is 4.79 Å². The third-order valence-electron chi connectivity index (χ3n) is 13.2. The predicted octanol–water partition coefficient (Wildman–Crippen LogP) is 7.56. The quantitative estimate of drug-likeness (QED) is 0.515. The molecule has 0 amide bonds. The molecule has 5 rings (SSSR count). The van der Waals surface area contributed by atoms with Crippen LogP contribution in [0, 0.1) is 56.7 Å². The number of rotatable bonds is 4. The normalized spacial score (nSPS) is 54.3. The van der Waals surface area contributed by atoms with Crippen molar-refractivity contribution in [3.8, 4) is 0 Å². The van der Waals surface area contributed by atoms with Crippen LogP contribution in [0.15, 0.2) is 0 Å². The molecule has 170 valence electrons. The Morgan fingerprint density at radius 1 is 0.900 bits per heavy atom. The van der Waals surface area contributed by atoms with E-state index < -0.39 is 5.97 Å². The second-order valence-corrected chi connectivity index (χ2v) is 13.8. The second kappa shape index (κ2) is 6.28. The van der Waals surface area contributed by atoms with Gasteiger partial charge >= 0.3 is 5.97 Å². The van der Waals surface area contributed by atoms with Crippen molar-refractivity contribution < 1.29 is 9.90 Å². The summed E-state index contributed by atoms with van der Waals surface area (Å²) < 4.78 is 0. The van der Waals surface area contributed by atoms with Gasteiger partial charge in [0.15, 0.2) is 0 Å².